The molecule has 1 aromatic heterocycles. The van der Waals surface area contributed by atoms with Gasteiger partial charge < -0.3 is 14.6 Å². The van der Waals surface area contributed by atoms with Crippen LogP contribution in [0.25, 0.3) is 0 Å². The molecule has 3 rings (SSSR count). The van der Waals surface area contributed by atoms with Crippen molar-refractivity contribution in [3.63, 3.8) is 0 Å². The zero-order valence-corrected chi connectivity index (χ0v) is 18.6. The lowest BCUT2D eigenvalue weighted by atomic mass is 10.1. The number of carbonyl (C=O) groups excluding carboxylic acids is 1. The number of nitrogens with one attached hydrogen (secondary N) is 1. The number of hydrogen-bond acceptors (Lipinski definition) is 3. The second kappa shape index (κ2) is 11.3. The topological polar surface area (TPSA) is 60.3 Å². The Kier molecular flexibility index (Phi) is 8.20. The third-order valence-corrected chi connectivity index (χ3v) is 5.27. The number of hydrogen-bond donors (Lipinski definition) is 1. The van der Waals surface area contributed by atoms with Crippen molar-refractivity contribution in [2.45, 2.75) is 52.8 Å². The first-order chi connectivity index (χ1) is 15.5. The summed E-state index contributed by atoms with van der Waals surface area (Å²) in [6, 6.07) is 17.1. The first kappa shape index (κ1) is 23.3. The van der Waals surface area contributed by atoms with Gasteiger partial charge in [0.1, 0.15) is 12.4 Å². The summed E-state index contributed by atoms with van der Waals surface area (Å²) in [5, 5.41) is 2.90. The number of ether oxygens (including phenoxy) is 1. The molecule has 0 aliphatic rings. The van der Waals surface area contributed by atoms with Gasteiger partial charge in [0.2, 0.25) is 11.3 Å². The summed E-state index contributed by atoms with van der Waals surface area (Å²) >= 11 is 0. The van der Waals surface area contributed by atoms with Gasteiger partial charge in [-0.05, 0) is 36.6 Å². The molecular weight excluding hydrogens is 407 g/mol. The van der Waals surface area contributed by atoms with Crippen molar-refractivity contribution >= 4 is 5.91 Å². The Balaban J connectivity index is 1.82. The summed E-state index contributed by atoms with van der Waals surface area (Å²) in [5.41, 5.74) is 2.97. The molecule has 0 spiro atoms. The number of rotatable bonds is 10. The molecule has 0 atom stereocenters. The second-order valence-electron chi connectivity index (χ2n) is 7.79. The van der Waals surface area contributed by atoms with Crippen molar-refractivity contribution in [1.82, 2.24) is 9.88 Å². The zero-order chi connectivity index (χ0) is 22.9. The van der Waals surface area contributed by atoms with Crippen LogP contribution in [-0.2, 0) is 30.9 Å². The van der Waals surface area contributed by atoms with Crippen molar-refractivity contribution in [3.05, 3.63) is 99.2 Å². The standard InChI is InChI=1S/C26H29FN2O3/c1-3-4-14-29-19(2)15-24(30)26(32-18-21-8-6-5-7-9-21)23(29)17-28-25(31)16-20-10-12-22(27)13-11-20/h5-13,15H,3-4,14,16-18H2,1-2H3,(H,28,31). The molecular formula is C26H29FN2O3. The van der Waals surface area contributed by atoms with E-state index in [2.05, 4.69) is 12.2 Å². The van der Waals surface area contributed by atoms with E-state index in [1.807, 2.05) is 41.8 Å². The van der Waals surface area contributed by atoms with Crippen LogP contribution in [0.4, 0.5) is 4.39 Å². The van der Waals surface area contributed by atoms with Crippen LogP contribution in [0.15, 0.2) is 65.5 Å². The lowest BCUT2D eigenvalue weighted by Gasteiger charge is -2.21. The van der Waals surface area contributed by atoms with Gasteiger partial charge in [-0.2, -0.15) is 0 Å². The fraction of sp³-hybridized carbons (Fsp3) is 0.308. The Morgan fingerprint density at radius 3 is 2.47 bits per heavy atom. The predicted molar refractivity (Wildman–Crippen MR) is 123 cm³/mol. The van der Waals surface area contributed by atoms with Gasteiger partial charge in [0.15, 0.2) is 5.75 Å². The number of amides is 1. The van der Waals surface area contributed by atoms with Gasteiger partial charge in [0, 0.05) is 18.3 Å². The Morgan fingerprint density at radius 2 is 1.78 bits per heavy atom. The minimum Gasteiger partial charge on any atom is -0.483 e. The van der Waals surface area contributed by atoms with E-state index < -0.39 is 0 Å². The summed E-state index contributed by atoms with van der Waals surface area (Å²) in [7, 11) is 0. The second-order valence-corrected chi connectivity index (χ2v) is 7.79. The highest BCUT2D eigenvalue weighted by atomic mass is 19.1. The molecule has 0 radical (unpaired) electrons. The van der Waals surface area contributed by atoms with Gasteiger partial charge in [-0.3, -0.25) is 9.59 Å². The highest BCUT2D eigenvalue weighted by molar-refractivity contribution is 5.78. The molecule has 0 bridgehead atoms. The molecule has 168 valence electrons. The van der Waals surface area contributed by atoms with Crippen molar-refractivity contribution in [2.24, 2.45) is 0 Å². The summed E-state index contributed by atoms with van der Waals surface area (Å²) in [4.78, 5) is 25.3. The van der Waals surface area contributed by atoms with E-state index in [4.69, 9.17) is 4.74 Å². The number of pyridine rings is 1. The van der Waals surface area contributed by atoms with Gasteiger partial charge in [-0.15, -0.1) is 0 Å². The minimum atomic E-state index is -0.339. The molecule has 5 nitrogen and oxygen atoms in total. The predicted octanol–water partition coefficient (Wildman–Crippen LogP) is 4.53. The molecule has 0 saturated heterocycles. The number of aryl methyl sites for hydroxylation is 1. The molecule has 1 N–H and O–H groups in total. The molecule has 0 fully saturated rings. The third kappa shape index (κ3) is 6.30. The van der Waals surface area contributed by atoms with E-state index in [0.29, 0.717) is 5.69 Å². The summed E-state index contributed by atoms with van der Waals surface area (Å²) in [5.74, 6) is -0.284. The normalized spacial score (nSPS) is 10.7. The zero-order valence-electron chi connectivity index (χ0n) is 18.6. The monoisotopic (exact) mass is 436 g/mol. The van der Waals surface area contributed by atoms with Crippen molar-refractivity contribution in [2.75, 3.05) is 0 Å². The fourth-order valence-corrected chi connectivity index (χ4v) is 3.53. The van der Waals surface area contributed by atoms with E-state index in [9.17, 15) is 14.0 Å². The van der Waals surface area contributed by atoms with E-state index in [-0.39, 0.29) is 42.5 Å². The minimum absolute atomic E-state index is 0.130. The van der Waals surface area contributed by atoms with Crippen LogP contribution in [0, 0.1) is 12.7 Å². The van der Waals surface area contributed by atoms with Crippen LogP contribution < -0.4 is 15.5 Å². The lowest BCUT2D eigenvalue weighted by Crippen LogP contribution is -2.29. The van der Waals surface area contributed by atoms with E-state index in [1.54, 1.807) is 18.2 Å². The molecule has 0 aliphatic carbocycles. The first-order valence-electron chi connectivity index (χ1n) is 10.9. The van der Waals surface area contributed by atoms with Crippen LogP contribution >= 0.6 is 0 Å². The maximum Gasteiger partial charge on any atom is 0.224 e. The largest absolute Gasteiger partial charge is 0.483 e. The smallest absolute Gasteiger partial charge is 0.224 e. The van der Waals surface area contributed by atoms with Crippen LogP contribution in [0.5, 0.6) is 5.75 Å². The van der Waals surface area contributed by atoms with Gasteiger partial charge in [0.25, 0.3) is 0 Å². The summed E-state index contributed by atoms with van der Waals surface area (Å²) in [6.45, 7) is 5.17. The van der Waals surface area contributed by atoms with Crippen molar-refractivity contribution < 1.29 is 13.9 Å². The van der Waals surface area contributed by atoms with Crippen LogP contribution in [0.3, 0.4) is 0 Å². The van der Waals surface area contributed by atoms with Gasteiger partial charge in [-0.25, -0.2) is 4.39 Å². The summed E-state index contributed by atoms with van der Waals surface area (Å²) < 4.78 is 21.1. The Bertz CT molecular complexity index is 1090. The van der Waals surface area contributed by atoms with Crippen molar-refractivity contribution in [1.29, 1.82) is 0 Å². The maximum atomic E-state index is 13.1. The van der Waals surface area contributed by atoms with E-state index in [0.717, 1.165) is 36.2 Å². The third-order valence-electron chi connectivity index (χ3n) is 5.27. The van der Waals surface area contributed by atoms with Gasteiger partial charge in [-0.1, -0.05) is 55.8 Å². The average molecular weight is 437 g/mol. The molecule has 1 amide bonds. The van der Waals surface area contributed by atoms with Gasteiger partial charge in [0.05, 0.1) is 18.7 Å². The Hall–Kier alpha value is -3.41. The highest BCUT2D eigenvalue weighted by Crippen LogP contribution is 2.19. The van der Waals surface area contributed by atoms with Crippen LogP contribution in [-0.4, -0.2) is 10.5 Å². The molecule has 2 aromatic carbocycles. The number of aromatic nitrogens is 1. The van der Waals surface area contributed by atoms with Gasteiger partial charge >= 0.3 is 0 Å². The molecule has 6 heteroatoms. The summed E-state index contributed by atoms with van der Waals surface area (Å²) in [6.07, 6.45) is 2.08. The molecule has 3 aromatic rings. The maximum absolute atomic E-state index is 13.1. The highest BCUT2D eigenvalue weighted by Gasteiger charge is 2.17. The van der Waals surface area contributed by atoms with E-state index >= 15 is 0 Å². The number of benzene rings is 2. The van der Waals surface area contributed by atoms with Crippen LogP contribution in [0.1, 0.15) is 42.3 Å². The molecule has 0 saturated carbocycles. The molecule has 0 unspecified atom stereocenters. The fourth-order valence-electron chi connectivity index (χ4n) is 3.53. The first-order valence-corrected chi connectivity index (χ1v) is 10.9. The molecule has 32 heavy (non-hydrogen) atoms. The average Bonchev–Trinajstić information content (AvgIpc) is 2.78. The lowest BCUT2D eigenvalue weighted by molar-refractivity contribution is -0.120. The number of halogens is 1. The Morgan fingerprint density at radius 1 is 1.06 bits per heavy atom. The molecule has 1 heterocycles. The number of unbranched alkanes of at least 4 members (excludes halogenated alkanes) is 1. The van der Waals surface area contributed by atoms with E-state index in [1.165, 1.54) is 12.1 Å². The molecule has 0 aliphatic heterocycles. The SMILES string of the molecule is CCCCn1c(C)cc(=O)c(OCc2ccccc2)c1CNC(=O)Cc1ccc(F)cc1. The number of nitrogens with zero attached hydrogens (tertiary/aromatic N) is 1. The van der Waals surface area contributed by atoms with Crippen molar-refractivity contribution in [3.8, 4) is 5.75 Å². The quantitative estimate of drug-likeness (QED) is 0.508. The Labute approximate surface area is 187 Å². The van der Waals surface area contributed by atoms with Crippen LogP contribution in [0.2, 0.25) is 0 Å². The number of carbonyl (C=O) groups is 1.